The molecule has 0 radical (unpaired) electrons. The van der Waals surface area contributed by atoms with Crippen LogP contribution in [0.25, 0.3) is 0 Å². The summed E-state index contributed by atoms with van der Waals surface area (Å²) in [6.45, 7) is 6.85. The van der Waals surface area contributed by atoms with Crippen LogP contribution in [-0.4, -0.2) is 27.8 Å². The summed E-state index contributed by atoms with van der Waals surface area (Å²) in [6, 6.07) is 0. The van der Waals surface area contributed by atoms with Crippen molar-refractivity contribution >= 4 is 17.7 Å². The highest BCUT2D eigenvalue weighted by atomic mass is 16.6. The lowest BCUT2D eigenvalue weighted by molar-refractivity contribution is 0.0633. The number of H-pyrrole nitrogens is 1. The Morgan fingerprint density at radius 1 is 1.41 bits per heavy atom. The number of carboxylic acid groups (broad SMARTS) is 1. The van der Waals surface area contributed by atoms with Crippen LogP contribution in [0.15, 0.2) is 6.20 Å². The molecule has 1 rings (SSSR count). The second kappa shape index (κ2) is 4.48. The first-order chi connectivity index (χ1) is 7.70. The van der Waals surface area contributed by atoms with Crippen molar-refractivity contribution in [3.63, 3.8) is 0 Å². The second-order valence-electron chi connectivity index (χ2n) is 4.63. The quantitative estimate of drug-likeness (QED) is 0.740. The van der Waals surface area contributed by atoms with E-state index < -0.39 is 17.7 Å². The predicted octanol–water partition coefficient (Wildman–Crippen LogP) is 2.37. The number of aromatic nitrogens is 1. The minimum Gasteiger partial charge on any atom is -0.477 e. The number of rotatable bonds is 2. The minimum absolute atomic E-state index is 0.0519. The lowest BCUT2D eigenvalue weighted by Gasteiger charge is -2.19. The monoisotopic (exact) mass is 240 g/mol. The Balaban J connectivity index is 2.76. The molecule has 0 aliphatic carbocycles. The first-order valence-corrected chi connectivity index (χ1v) is 5.12. The van der Waals surface area contributed by atoms with Crippen LogP contribution >= 0.6 is 0 Å². The van der Waals surface area contributed by atoms with Crippen molar-refractivity contribution in [2.24, 2.45) is 0 Å². The van der Waals surface area contributed by atoms with E-state index in [1.54, 1.807) is 27.7 Å². The lowest BCUT2D eigenvalue weighted by Crippen LogP contribution is -2.27. The number of carboxylic acids is 1. The standard InChI is InChI=1S/C11H16N2O4/c1-6-7(5-12-8(6)9(14)15)13-10(16)17-11(2,3)4/h5,12H,1-4H3,(H,13,16)(H,14,15). The van der Waals surface area contributed by atoms with Crippen molar-refractivity contribution in [1.29, 1.82) is 0 Å². The fourth-order valence-corrected chi connectivity index (χ4v) is 1.26. The molecule has 0 spiro atoms. The maximum Gasteiger partial charge on any atom is 0.412 e. The lowest BCUT2D eigenvalue weighted by atomic mass is 10.2. The topological polar surface area (TPSA) is 91.4 Å². The van der Waals surface area contributed by atoms with Gasteiger partial charge >= 0.3 is 12.1 Å². The van der Waals surface area contributed by atoms with Crippen molar-refractivity contribution in [2.75, 3.05) is 5.32 Å². The van der Waals surface area contributed by atoms with Crippen LogP contribution in [0.5, 0.6) is 0 Å². The molecule has 1 heterocycles. The minimum atomic E-state index is -1.07. The Bertz CT molecular complexity index is 443. The summed E-state index contributed by atoms with van der Waals surface area (Å²) in [5.74, 6) is -1.07. The summed E-state index contributed by atoms with van der Waals surface area (Å²) in [4.78, 5) is 24.8. The molecule has 0 aromatic carbocycles. The molecular formula is C11H16N2O4. The van der Waals surface area contributed by atoms with Gasteiger partial charge < -0.3 is 14.8 Å². The van der Waals surface area contributed by atoms with Gasteiger partial charge in [-0.25, -0.2) is 9.59 Å². The number of aromatic amines is 1. The Kier molecular flexibility index (Phi) is 3.45. The van der Waals surface area contributed by atoms with Crippen LogP contribution in [0.4, 0.5) is 10.5 Å². The van der Waals surface area contributed by atoms with E-state index >= 15 is 0 Å². The highest BCUT2D eigenvalue weighted by Crippen LogP contribution is 2.19. The van der Waals surface area contributed by atoms with Crippen LogP contribution in [0.3, 0.4) is 0 Å². The van der Waals surface area contributed by atoms with Crippen molar-refractivity contribution in [3.05, 3.63) is 17.5 Å². The third-order valence-electron chi connectivity index (χ3n) is 1.99. The largest absolute Gasteiger partial charge is 0.477 e. The Labute approximate surface area is 99.0 Å². The summed E-state index contributed by atoms with van der Waals surface area (Å²) in [7, 11) is 0. The van der Waals surface area contributed by atoms with Gasteiger partial charge in [0.25, 0.3) is 0 Å². The molecule has 1 aromatic rings. The molecule has 1 amide bonds. The number of carbonyl (C=O) groups is 2. The average Bonchev–Trinajstić information content (AvgIpc) is 2.44. The molecule has 0 fully saturated rings. The zero-order chi connectivity index (χ0) is 13.2. The smallest absolute Gasteiger partial charge is 0.412 e. The third-order valence-corrected chi connectivity index (χ3v) is 1.99. The first-order valence-electron chi connectivity index (χ1n) is 5.12. The van der Waals surface area contributed by atoms with Gasteiger partial charge in [0, 0.05) is 11.8 Å². The molecule has 17 heavy (non-hydrogen) atoms. The zero-order valence-corrected chi connectivity index (χ0v) is 10.2. The highest BCUT2D eigenvalue weighted by molar-refractivity contribution is 5.93. The number of carbonyl (C=O) groups excluding carboxylic acids is 1. The van der Waals surface area contributed by atoms with Crippen molar-refractivity contribution in [2.45, 2.75) is 33.3 Å². The Hall–Kier alpha value is -1.98. The number of nitrogens with one attached hydrogen (secondary N) is 2. The molecule has 0 atom stereocenters. The number of hydrogen-bond donors (Lipinski definition) is 3. The van der Waals surface area contributed by atoms with E-state index in [1.165, 1.54) is 6.20 Å². The van der Waals surface area contributed by atoms with E-state index in [9.17, 15) is 9.59 Å². The number of hydrogen-bond acceptors (Lipinski definition) is 3. The van der Waals surface area contributed by atoms with Gasteiger partial charge in [-0.2, -0.15) is 0 Å². The summed E-state index contributed by atoms with van der Waals surface area (Å²) < 4.78 is 5.06. The predicted molar refractivity (Wildman–Crippen MR) is 62.3 cm³/mol. The molecule has 6 nitrogen and oxygen atoms in total. The van der Waals surface area contributed by atoms with E-state index in [4.69, 9.17) is 9.84 Å². The van der Waals surface area contributed by atoms with Gasteiger partial charge in [-0.15, -0.1) is 0 Å². The molecule has 3 N–H and O–H groups in total. The molecule has 6 heteroatoms. The van der Waals surface area contributed by atoms with Crippen LogP contribution in [-0.2, 0) is 4.74 Å². The Morgan fingerprint density at radius 2 is 2.00 bits per heavy atom. The van der Waals surface area contributed by atoms with Crippen LogP contribution in [0.2, 0.25) is 0 Å². The van der Waals surface area contributed by atoms with Gasteiger partial charge in [0.2, 0.25) is 0 Å². The van der Waals surface area contributed by atoms with E-state index in [-0.39, 0.29) is 5.69 Å². The molecule has 0 saturated carbocycles. The van der Waals surface area contributed by atoms with E-state index in [0.717, 1.165) is 0 Å². The van der Waals surface area contributed by atoms with E-state index in [1.807, 2.05) is 0 Å². The summed E-state index contributed by atoms with van der Waals surface area (Å²) in [6.07, 6.45) is 0.805. The highest BCUT2D eigenvalue weighted by Gasteiger charge is 2.19. The second-order valence-corrected chi connectivity index (χ2v) is 4.63. The van der Waals surface area contributed by atoms with Gasteiger partial charge in [0.1, 0.15) is 11.3 Å². The SMILES string of the molecule is Cc1c(NC(=O)OC(C)(C)C)c[nH]c1C(=O)O. The molecule has 1 aromatic heterocycles. The molecule has 94 valence electrons. The third kappa shape index (κ3) is 3.51. The van der Waals surface area contributed by atoms with Gasteiger partial charge in [-0.05, 0) is 27.7 Å². The van der Waals surface area contributed by atoms with Crippen LogP contribution in [0, 0.1) is 6.92 Å². The Morgan fingerprint density at radius 3 is 2.41 bits per heavy atom. The number of anilines is 1. The van der Waals surface area contributed by atoms with Gasteiger partial charge in [0.05, 0.1) is 5.69 Å². The maximum atomic E-state index is 11.5. The summed E-state index contributed by atoms with van der Waals surface area (Å²) >= 11 is 0. The van der Waals surface area contributed by atoms with Crippen molar-refractivity contribution in [3.8, 4) is 0 Å². The van der Waals surface area contributed by atoms with Gasteiger partial charge in [-0.3, -0.25) is 5.32 Å². The molecule has 0 saturated heterocycles. The first kappa shape index (κ1) is 13.1. The average molecular weight is 240 g/mol. The normalized spacial score (nSPS) is 11.1. The molecule has 0 aliphatic heterocycles. The van der Waals surface area contributed by atoms with Crippen LogP contribution in [0.1, 0.15) is 36.8 Å². The van der Waals surface area contributed by atoms with Crippen LogP contribution < -0.4 is 5.32 Å². The van der Waals surface area contributed by atoms with E-state index in [2.05, 4.69) is 10.3 Å². The fraction of sp³-hybridized carbons (Fsp3) is 0.455. The van der Waals surface area contributed by atoms with Crippen molar-refractivity contribution in [1.82, 2.24) is 4.98 Å². The van der Waals surface area contributed by atoms with Crippen molar-refractivity contribution < 1.29 is 19.4 Å². The van der Waals surface area contributed by atoms with Gasteiger partial charge in [0.15, 0.2) is 0 Å². The van der Waals surface area contributed by atoms with Gasteiger partial charge in [-0.1, -0.05) is 0 Å². The molecular weight excluding hydrogens is 224 g/mol. The summed E-state index contributed by atoms with van der Waals surface area (Å²) in [5, 5.41) is 11.3. The fourth-order valence-electron chi connectivity index (χ4n) is 1.26. The maximum absolute atomic E-state index is 11.5. The summed E-state index contributed by atoms with van der Waals surface area (Å²) in [5.41, 5.74) is 0.320. The zero-order valence-electron chi connectivity index (χ0n) is 10.2. The molecule has 0 aliphatic rings. The number of aromatic carboxylic acids is 1. The van der Waals surface area contributed by atoms with E-state index in [0.29, 0.717) is 11.3 Å². The molecule has 0 bridgehead atoms. The number of amides is 1. The number of ether oxygens (including phenoxy) is 1. The molecule has 0 unspecified atom stereocenters.